The first kappa shape index (κ1) is 17.6. The maximum absolute atomic E-state index is 12.5. The van der Waals surface area contributed by atoms with E-state index in [4.69, 9.17) is 4.74 Å². The first-order valence-electron chi connectivity index (χ1n) is 9.55. The lowest BCUT2D eigenvalue weighted by Gasteiger charge is -2.32. The molecule has 2 aromatic rings. The second-order valence-corrected chi connectivity index (χ2v) is 8.36. The fourth-order valence-electron chi connectivity index (χ4n) is 4.21. The Bertz CT molecular complexity index is 769. The molecular formula is C21H27N2O2S+. The van der Waals surface area contributed by atoms with Gasteiger partial charge in [0.05, 0.1) is 13.7 Å². The van der Waals surface area contributed by atoms with Gasteiger partial charge in [-0.05, 0) is 42.3 Å². The molecule has 1 unspecified atom stereocenters. The molecule has 5 heteroatoms. The smallest absolute Gasteiger partial charge is 0.275 e. The number of ether oxygens (including phenoxy) is 1. The van der Waals surface area contributed by atoms with Crippen molar-refractivity contribution in [3.05, 3.63) is 51.7 Å². The van der Waals surface area contributed by atoms with Crippen LogP contribution in [0.1, 0.15) is 34.9 Å². The molecule has 2 N–H and O–H groups in total. The number of hydrogen-bond donors (Lipinski definition) is 2. The zero-order chi connectivity index (χ0) is 17.9. The molecule has 1 saturated carbocycles. The van der Waals surface area contributed by atoms with Crippen molar-refractivity contribution in [2.45, 2.75) is 31.7 Å². The molecule has 4 rings (SSSR count). The van der Waals surface area contributed by atoms with Crippen LogP contribution in [-0.4, -0.2) is 32.7 Å². The van der Waals surface area contributed by atoms with Gasteiger partial charge in [-0.15, -0.1) is 11.3 Å². The lowest BCUT2D eigenvalue weighted by Crippen LogP contribution is -3.14. The highest BCUT2D eigenvalue weighted by Gasteiger charge is 2.43. The average Bonchev–Trinajstić information content (AvgIpc) is 3.38. The summed E-state index contributed by atoms with van der Waals surface area (Å²) in [5, 5.41) is 5.33. The van der Waals surface area contributed by atoms with Gasteiger partial charge >= 0.3 is 0 Å². The molecule has 0 radical (unpaired) electrons. The fraction of sp³-hybridized carbons (Fsp3) is 0.476. The summed E-state index contributed by atoms with van der Waals surface area (Å²) in [6.45, 7) is 2.32. The van der Waals surface area contributed by atoms with Gasteiger partial charge in [0.25, 0.3) is 5.91 Å². The Morgan fingerprint density at radius 2 is 2.15 bits per heavy atom. The summed E-state index contributed by atoms with van der Waals surface area (Å²) >= 11 is 1.88. The molecule has 2 atom stereocenters. The van der Waals surface area contributed by atoms with Crippen LogP contribution in [0, 0.1) is 5.92 Å². The van der Waals surface area contributed by atoms with E-state index in [0.717, 1.165) is 36.6 Å². The number of thiophene rings is 1. The van der Waals surface area contributed by atoms with E-state index >= 15 is 0 Å². The number of rotatable bonds is 7. The quantitative estimate of drug-likeness (QED) is 0.782. The number of nitrogens with one attached hydrogen (secondary N) is 2. The van der Waals surface area contributed by atoms with Crippen LogP contribution in [0.15, 0.2) is 35.7 Å². The molecule has 2 aliphatic rings. The lowest BCUT2D eigenvalue weighted by atomic mass is 9.96. The van der Waals surface area contributed by atoms with E-state index in [2.05, 4.69) is 22.8 Å². The summed E-state index contributed by atoms with van der Waals surface area (Å²) in [5.41, 5.74) is 2.65. The van der Waals surface area contributed by atoms with E-state index in [1.165, 1.54) is 23.3 Å². The largest absolute Gasteiger partial charge is 0.496 e. The van der Waals surface area contributed by atoms with Crippen molar-refractivity contribution in [2.75, 3.05) is 26.7 Å². The van der Waals surface area contributed by atoms with Crippen LogP contribution in [0.4, 0.5) is 0 Å². The number of para-hydroxylation sites is 1. The maximum Gasteiger partial charge on any atom is 0.275 e. The van der Waals surface area contributed by atoms with E-state index in [9.17, 15) is 4.79 Å². The van der Waals surface area contributed by atoms with E-state index < -0.39 is 0 Å². The van der Waals surface area contributed by atoms with E-state index in [1.807, 2.05) is 29.5 Å². The highest BCUT2D eigenvalue weighted by atomic mass is 32.1. The van der Waals surface area contributed by atoms with Gasteiger partial charge in [0.15, 0.2) is 6.54 Å². The molecule has 0 spiro atoms. The average molecular weight is 372 g/mol. The summed E-state index contributed by atoms with van der Waals surface area (Å²) in [7, 11) is 1.69. The van der Waals surface area contributed by atoms with Crippen molar-refractivity contribution in [1.29, 1.82) is 0 Å². The van der Waals surface area contributed by atoms with Crippen LogP contribution in [0.2, 0.25) is 0 Å². The molecule has 1 aromatic heterocycles. The molecule has 1 amide bonds. The Hall–Kier alpha value is -1.85. The molecular weight excluding hydrogens is 344 g/mol. The minimum Gasteiger partial charge on any atom is -0.496 e. The number of methoxy groups -OCH3 is 1. The molecule has 138 valence electrons. The first-order valence-corrected chi connectivity index (χ1v) is 10.4. The lowest BCUT2D eigenvalue weighted by molar-refractivity contribution is -0.928. The predicted molar refractivity (Wildman–Crippen MR) is 104 cm³/mol. The minimum atomic E-state index is 0.166. The monoisotopic (exact) mass is 371 g/mol. The second-order valence-electron chi connectivity index (χ2n) is 7.36. The van der Waals surface area contributed by atoms with Gasteiger partial charge in [0.1, 0.15) is 11.8 Å². The maximum atomic E-state index is 12.5. The number of carbonyl (C=O) groups excluding carboxylic acids is 1. The zero-order valence-corrected chi connectivity index (χ0v) is 16.1. The third kappa shape index (κ3) is 3.79. The van der Waals surface area contributed by atoms with Crippen molar-refractivity contribution < 1.29 is 14.4 Å². The zero-order valence-electron chi connectivity index (χ0n) is 15.3. The van der Waals surface area contributed by atoms with Gasteiger partial charge in [-0.25, -0.2) is 0 Å². The van der Waals surface area contributed by atoms with Crippen molar-refractivity contribution >= 4 is 17.2 Å². The summed E-state index contributed by atoms with van der Waals surface area (Å²) in [6, 6.07) is 10.8. The molecule has 0 bridgehead atoms. The van der Waals surface area contributed by atoms with Crippen LogP contribution in [0.5, 0.6) is 5.75 Å². The van der Waals surface area contributed by atoms with Crippen LogP contribution >= 0.6 is 11.3 Å². The minimum absolute atomic E-state index is 0.166. The molecule has 1 aromatic carbocycles. The van der Waals surface area contributed by atoms with Crippen LogP contribution < -0.4 is 15.0 Å². The van der Waals surface area contributed by atoms with Gasteiger partial charge in [-0.3, -0.25) is 4.79 Å². The van der Waals surface area contributed by atoms with Gasteiger partial charge < -0.3 is 15.0 Å². The number of fused-ring (bicyclic) bond motifs is 1. The Labute approximate surface area is 159 Å². The summed E-state index contributed by atoms with van der Waals surface area (Å²) in [5.74, 6) is 1.83. The number of carbonyl (C=O) groups is 1. The van der Waals surface area contributed by atoms with Crippen LogP contribution in [-0.2, 0) is 17.6 Å². The van der Waals surface area contributed by atoms with Gasteiger partial charge in [0.2, 0.25) is 0 Å². The number of quaternary nitrogens is 1. The van der Waals surface area contributed by atoms with Gasteiger partial charge in [0, 0.05) is 29.3 Å². The van der Waals surface area contributed by atoms with Crippen molar-refractivity contribution in [2.24, 2.45) is 5.92 Å². The molecule has 1 aliphatic heterocycles. The van der Waals surface area contributed by atoms with Gasteiger partial charge in [-0.2, -0.15) is 0 Å². The van der Waals surface area contributed by atoms with E-state index in [-0.39, 0.29) is 5.91 Å². The highest BCUT2D eigenvalue weighted by Crippen LogP contribution is 2.42. The van der Waals surface area contributed by atoms with Crippen molar-refractivity contribution in [3.63, 3.8) is 0 Å². The third-order valence-corrected chi connectivity index (χ3v) is 6.61. The SMILES string of the molecule is COc1ccccc1CCNC(=O)C[NH+]1CCc2sccc2[C@@H]1C1CC1. The molecule has 1 fully saturated rings. The summed E-state index contributed by atoms with van der Waals surface area (Å²) in [6.07, 6.45) is 4.55. The molecule has 2 heterocycles. The highest BCUT2D eigenvalue weighted by molar-refractivity contribution is 7.10. The van der Waals surface area contributed by atoms with Crippen molar-refractivity contribution in [1.82, 2.24) is 5.32 Å². The van der Waals surface area contributed by atoms with Crippen LogP contribution in [0.3, 0.4) is 0 Å². The Morgan fingerprint density at radius 3 is 2.96 bits per heavy atom. The standard InChI is InChI=1S/C21H26N2O2S/c1-25-18-5-3-2-4-15(18)8-11-22-20(24)14-23-12-9-19-17(10-13-26-19)21(23)16-6-7-16/h2-5,10,13,16,21H,6-9,11-12,14H2,1H3,(H,22,24)/p+1/t21-/m0/s1. The third-order valence-electron chi connectivity index (χ3n) is 5.62. The molecule has 1 aliphatic carbocycles. The molecule has 26 heavy (non-hydrogen) atoms. The van der Waals surface area contributed by atoms with Gasteiger partial charge in [-0.1, -0.05) is 18.2 Å². The topological polar surface area (TPSA) is 42.8 Å². The fourth-order valence-corrected chi connectivity index (χ4v) is 5.14. The molecule has 0 saturated heterocycles. The van der Waals surface area contributed by atoms with E-state index in [1.54, 1.807) is 12.0 Å². The Kier molecular flexibility index (Phi) is 5.27. The Morgan fingerprint density at radius 1 is 1.31 bits per heavy atom. The molecule has 4 nitrogen and oxygen atoms in total. The predicted octanol–water partition coefficient (Wildman–Crippen LogP) is 2.01. The number of hydrogen-bond acceptors (Lipinski definition) is 3. The summed E-state index contributed by atoms with van der Waals surface area (Å²) < 4.78 is 5.38. The second kappa shape index (κ2) is 7.80. The first-order chi connectivity index (χ1) is 12.8. The number of amides is 1. The van der Waals surface area contributed by atoms with Crippen LogP contribution in [0.25, 0.3) is 0 Å². The normalized spacial score (nSPS) is 21.9. The summed E-state index contributed by atoms with van der Waals surface area (Å²) in [4.78, 5) is 15.5. The van der Waals surface area contributed by atoms with Crippen molar-refractivity contribution in [3.8, 4) is 5.75 Å². The van der Waals surface area contributed by atoms with E-state index in [0.29, 0.717) is 19.1 Å². The number of benzene rings is 1. The Balaban J connectivity index is 1.32.